The molecular weight excluding hydrogens is 258 g/mol. The van der Waals surface area contributed by atoms with Gasteiger partial charge in [-0.3, -0.25) is 4.79 Å². The van der Waals surface area contributed by atoms with Crippen LogP contribution in [0.3, 0.4) is 0 Å². The van der Waals surface area contributed by atoms with Crippen LogP contribution in [0.15, 0.2) is 18.2 Å². The van der Waals surface area contributed by atoms with Crippen molar-refractivity contribution in [2.75, 3.05) is 26.6 Å². The Morgan fingerprint density at radius 3 is 3.05 bits per heavy atom. The molecule has 1 aromatic rings. The predicted octanol–water partition coefficient (Wildman–Crippen LogP) is 1.50. The molecule has 1 fully saturated rings. The lowest BCUT2D eigenvalue weighted by molar-refractivity contribution is -0.122. The van der Waals surface area contributed by atoms with E-state index >= 15 is 0 Å². The molecule has 0 unspecified atom stereocenters. The van der Waals surface area contributed by atoms with Crippen LogP contribution in [-0.4, -0.2) is 32.5 Å². The van der Waals surface area contributed by atoms with Crippen LogP contribution in [0.2, 0.25) is 0 Å². The van der Waals surface area contributed by atoms with Gasteiger partial charge >= 0.3 is 0 Å². The van der Waals surface area contributed by atoms with Crippen molar-refractivity contribution in [2.45, 2.75) is 19.3 Å². The highest BCUT2D eigenvalue weighted by Crippen LogP contribution is 2.32. The first-order valence-electron chi connectivity index (χ1n) is 7.04. The number of carbonyl (C=O) groups is 1. The molecule has 5 heteroatoms. The average Bonchev–Trinajstić information content (AvgIpc) is 3.09. The second-order valence-electron chi connectivity index (χ2n) is 5.22. The van der Waals surface area contributed by atoms with Gasteiger partial charge in [0, 0.05) is 26.2 Å². The summed E-state index contributed by atoms with van der Waals surface area (Å²) in [6.45, 7) is 2.44. The van der Waals surface area contributed by atoms with Crippen molar-refractivity contribution in [3.05, 3.63) is 23.8 Å². The zero-order valence-electron chi connectivity index (χ0n) is 11.4. The van der Waals surface area contributed by atoms with Gasteiger partial charge < -0.3 is 19.5 Å². The summed E-state index contributed by atoms with van der Waals surface area (Å²) in [5, 5.41) is 2.96. The lowest BCUT2D eigenvalue weighted by Crippen LogP contribution is -2.27. The summed E-state index contributed by atoms with van der Waals surface area (Å²) < 4.78 is 15.9. The van der Waals surface area contributed by atoms with Crippen molar-refractivity contribution in [1.82, 2.24) is 5.32 Å². The van der Waals surface area contributed by atoms with E-state index in [1.54, 1.807) is 0 Å². The van der Waals surface area contributed by atoms with Crippen molar-refractivity contribution in [3.8, 4) is 11.5 Å². The van der Waals surface area contributed by atoms with Gasteiger partial charge in [-0.2, -0.15) is 0 Å². The SMILES string of the molecule is O=C(C[C@H]1CCOC1)NCCc1ccc2c(c1)OCO2. The number of ether oxygens (including phenoxy) is 3. The first-order valence-corrected chi connectivity index (χ1v) is 7.04. The van der Waals surface area contributed by atoms with Gasteiger partial charge in [-0.1, -0.05) is 6.07 Å². The van der Waals surface area contributed by atoms with Crippen LogP contribution < -0.4 is 14.8 Å². The van der Waals surface area contributed by atoms with E-state index in [9.17, 15) is 4.79 Å². The van der Waals surface area contributed by atoms with Gasteiger partial charge in [0.1, 0.15) is 0 Å². The molecule has 108 valence electrons. The molecule has 1 aromatic carbocycles. The smallest absolute Gasteiger partial charge is 0.231 e. The maximum absolute atomic E-state index is 11.8. The minimum atomic E-state index is 0.112. The van der Waals surface area contributed by atoms with Gasteiger partial charge in [0.05, 0.1) is 0 Å². The molecule has 0 bridgehead atoms. The van der Waals surface area contributed by atoms with Gasteiger partial charge in [0.15, 0.2) is 11.5 Å². The molecule has 0 aromatic heterocycles. The Kier molecular flexibility index (Phi) is 4.06. The third-order valence-electron chi connectivity index (χ3n) is 3.67. The van der Waals surface area contributed by atoms with E-state index in [4.69, 9.17) is 14.2 Å². The highest BCUT2D eigenvalue weighted by molar-refractivity contribution is 5.76. The Labute approximate surface area is 118 Å². The van der Waals surface area contributed by atoms with E-state index in [1.807, 2.05) is 18.2 Å². The van der Waals surface area contributed by atoms with Crippen molar-refractivity contribution in [3.63, 3.8) is 0 Å². The molecule has 0 spiro atoms. The normalized spacial score (nSPS) is 20.1. The molecule has 5 nitrogen and oxygen atoms in total. The Morgan fingerprint density at radius 1 is 1.30 bits per heavy atom. The summed E-state index contributed by atoms with van der Waals surface area (Å²) in [4.78, 5) is 11.8. The third-order valence-corrected chi connectivity index (χ3v) is 3.67. The van der Waals surface area contributed by atoms with Crippen LogP contribution in [-0.2, 0) is 16.0 Å². The van der Waals surface area contributed by atoms with Gasteiger partial charge in [0.25, 0.3) is 0 Å². The number of amides is 1. The van der Waals surface area contributed by atoms with Crippen molar-refractivity contribution >= 4 is 5.91 Å². The third kappa shape index (κ3) is 3.22. The summed E-state index contributed by atoms with van der Waals surface area (Å²) in [7, 11) is 0. The molecule has 0 saturated carbocycles. The van der Waals surface area contributed by atoms with E-state index in [-0.39, 0.29) is 5.91 Å². The maximum Gasteiger partial charge on any atom is 0.231 e. The zero-order valence-corrected chi connectivity index (χ0v) is 11.4. The summed E-state index contributed by atoms with van der Waals surface area (Å²) in [5.74, 6) is 2.08. The zero-order chi connectivity index (χ0) is 13.8. The summed E-state index contributed by atoms with van der Waals surface area (Å²) in [6, 6.07) is 5.89. The molecule has 1 saturated heterocycles. The topological polar surface area (TPSA) is 56.8 Å². The lowest BCUT2D eigenvalue weighted by Gasteiger charge is -2.09. The van der Waals surface area contributed by atoms with E-state index in [0.29, 0.717) is 25.7 Å². The number of benzene rings is 1. The number of hydrogen-bond acceptors (Lipinski definition) is 4. The highest BCUT2D eigenvalue weighted by atomic mass is 16.7. The quantitative estimate of drug-likeness (QED) is 0.886. The first-order chi connectivity index (χ1) is 9.81. The van der Waals surface area contributed by atoms with E-state index in [0.717, 1.165) is 43.1 Å². The maximum atomic E-state index is 11.8. The van der Waals surface area contributed by atoms with Crippen LogP contribution in [0.5, 0.6) is 11.5 Å². The van der Waals surface area contributed by atoms with Crippen LogP contribution >= 0.6 is 0 Å². The Hall–Kier alpha value is -1.75. The number of rotatable bonds is 5. The van der Waals surface area contributed by atoms with Crippen molar-refractivity contribution in [2.24, 2.45) is 5.92 Å². The second kappa shape index (κ2) is 6.13. The Bertz CT molecular complexity index is 483. The fraction of sp³-hybridized carbons (Fsp3) is 0.533. The number of hydrogen-bond donors (Lipinski definition) is 1. The molecule has 1 atom stereocenters. The average molecular weight is 277 g/mol. The second-order valence-corrected chi connectivity index (χ2v) is 5.22. The molecule has 2 aliphatic rings. The monoisotopic (exact) mass is 277 g/mol. The van der Waals surface area contributed by atoms with Gasteiger partial charge in [-0.15, -0.1) is 0 Å². The largest absolute Gasteiger partial charge is 0.454 e. The van der Waals surface area contributed by atoms with E-state index in [2.05, 4.69) is 5.32 Å². The highest BCUT2D eigenvalue weighted by Gasteiger charge is 2.18. The summed E-state index contributed by atoms with van der Waals surface area (Å²) in [6.07, 6.45) is 2.36. The first kappa shape index (κ1) is 13.2. The lowest BCUT2D eigenvalue weighted by atomic mass is 10.0. The number of fused-ring (bicyclic) bond motifs is 1. The Morgan fingerprint density at radius 2 is 2.20 bits per heavy atom. The van der Waals surface area contributed by atoms with Crippen LogP contribution in [0.1, 0.15) is 18.4 Å². The molecule has 1 amide bonds. The fourth-order valence-corrected chi connectivity index (χ4v) is 2.52. The summed E-state index contributed by atoms with van der Waals surface area (Å²) in [5.41, 5.74) is 1.14. The molecule has 3 rings (SSSR count). The van der Waals surface area contributed by atoms with E-state index in [1.165, 1.54) is 0 Å². The van der Waals surface area contributed by atoms with Crippen LogP contribution in [0, 0.1) is 5.92 Å². The standard InChI is InChI=1S/C15H19NO4/c17-15(8-12-4-6-18-9-12)16-5-3-11-1-2-13-14(7-11)20-10-19-13/h1-2,7,12H,3-6,8-10H2,(H,16,17)/t12-/m1/s1. The molecule has 0 radical (unpaired) electrons. The fourth-order valence-electron chi connectivity index (χ4n) is 2.52. The van der Waals surface area contributed by atoms with Gasteiger partial charge in [-0.05, 0) is 36.5 Å². The van der Waals surface area contributed by atoms with E-state index < -0.39 is 0 Å². The minimum Gasteiger partial charge on any atom is -0.454 e. The Balaban J connectivity index is 1.42. The van der Waals surface area contributed by atoms with Gasteiger partial charge in [-0.25, -0.2) is 0 Å². The van der Waals surface area contributed by atoms with Crippen molar-refractivity contribution in [1.29, 1.82) is 0 Å². The molecular formula is C15H19NO4. The molecule has 2 heterocycles. The minimum absolute atomic E-state index is 0.112. The number of nitrogens with one attached hydrogen (secondary N) is 1. The molecule has 1 N–H and O–H groups in total. The van der Waals surface area contributed by atoms with Crippen LogP contribution in [0.4, 0.5) is 0 Å². The molecule has 0 aliphatic carbocycles. The van der Waals surface area contributed by atoms with Crippen molar-refractivity contribution < 1.29 is 19.0 Å². The summed E-state index contributed by atoms with van der Waals surface area (Å²) >= 11 is 0. The predicted molar refractivity (Wildman–Crippen MR) is 72.8 cm³/mol. The van der Waals surface area contributed by atoms with Gasteiger partial charge in [0.2, 0.25) is 12.7 Å². The molecule has 20 heavy (non-hydrogen) atoms. The van der Waals surface area contributed by atoms with Crippen LogP contribution in [0.25, 0.3) is 0 Å². The number of carbonyl (C=O) groups excluding carboxylic acids is 1. The molecule has 2 aliphatic heterocycles.